The second-order valence-electron chi connectivity index (χ2n) is 4.10. The number of aryl methyl sites for hydroxylation is 1. The van der Waals surface area contributed by atoms with Gasteiger partial charge >= 0.3 is 0 Å². The van der Waals surface area contributed by atoms with Crippen molar-refractivity contribution in [3.63, 3.8) is 0 Å². The number of hydrogen-bond donors (Lipinski definition) is 0. The van der Waals surface area contributed by atoms with Gasteiger partial charge in [-0.1, -0.05) is 28.1 Å². The normalized spacial score (nSPS) is 10.3. The van der Waals surface area contributed by atoms with E-state index in [4.69, 9.17) is 4.74 Å². The first-order chi connectivity index (χ1) is 9.08. The third-order valence-electron chi connectivity index (χ3n) is 2.67. The number of ether oxygens (including phenoxy) is 1. The van der Waals surface area contributed by atoms with Gasteiger partial charge in [0.25, 0.3) is 0 Å². The zero-order valence-corrected chi connectivity index (χ0v) is 11.9. The number of hydrogen-bond acceptors (Lipinski definition) is 2. The van der Waals surface area contributed by atoms with E-state index in [1.54, 1.807) is 18.2 Å². The van der Waals surface area contributed by atoms with Crippen molar-refractivity contribution in [2.75, 3.05) is 6.61 Å². The fraction of sp³-hybridized carbons (Fsp3) is 0.133. The molecule has 0 aliphatic carbocycles. The molecule has 4 heteroatoms. The second-order valence-corrected chi connectivity index (χ2v) is 5.02. The van der Waals surface area contributed by atoms with Gasteiger partial charge < -0.3 is 4.74 Å². The fourth-order valence-electron chi connectivity index (χ4n) is 1.68. The molecule has 0 unspecified atom stereocenters. The number of ketones is 1. The highest BCUT2D eigenvalue weighted by Crippen LogP contribution is 2.22. The Bertz CT molecular complexity index is 611. The van der Waals surface area contributed by atoms with Gasteiger partial charge in [-0.05, 0) is 42.8 Å². The molecule has 0 aliphatic rings. The van der Waals surface area contributed by atoms with Crippen LogP contribution < -0.4 is 4.74 Å². The van der Waals surface area contributed by atoms with Crippen LogP contribution in [0.2, 0.25) is 0 Å². The van der Waals surface area contributed by atoms with E-state index in [2.05, 4.69) is 15.9 Å². The van der Waals surface area contributed by atoms with Crippen LogP contribution in [-0.4, -0.2) is 12.4 Å². The van der Waals surface area contributed by atoms with Gasteiger partial charge in [-0.25, -0.2) is 4.39 Å². The van der Waals surface area contributed by atoms with Gasteiger partial charge in [-0.2, -0.15) is 0 Å². The number of rotatable bonds is 4. The maximum Gasteiger partial charge on any atom is 0.203 e. The Hall–Kier alpha value is -1.68. The van der Waals surface area contributed by atoms with E-state index in [0.717, 1.165) is 10.0 Å². The molecular formula is C15H12BrFO2. The van der Waals surface area contributed by atoms with Gasteiger partial charge in [0.1, 0.15) is 11.6 Å². The van der Waals surface area contributed by atoms with Crippen LogP contribution in [0.5, 0.6) is 5.75 Å². The van der Waals surface area contributed by atoms with Gasteiger partial charge in [0, 0.05) is 4.47 Å². The number of carbonyl (C=O) groups excluding carboxylic acids is 1. The molecule has 0 saturated carbocycles. The van der Waals surface area contributed by atoms with E-state index in [9.17, 15) is 9.18 Å². The molecule has 0 heterocycles. The van der Waals surface area contributed by atoms with E-state index in [1.165, 1.54) is 12.1 Å². The van der Waals surface area contributed by atoms with Crippen molar-refractivity contribution in [1.29, 1.82) is 0 Å². The summed E-state index contributed by atoms with van der Waals surface area (Å²) in [6.07, 6.45) is 0. The van der Waals surface area contributed by atoms with E-state index in [-0.39, 0.29) is 18.0 Å². The van der Waals surface area contributed by atoms with Crippen molar-refractivity contribution in [2.45, 2.75) is 6.92 Å². The molecule has 0 atom stereocenters. The summed E-state index contributed by atoms with van der Waals surface area (Å²) >= 11 is 3.35. The van der Waals surface area contributed by atoms with Crippen molar-refractivity contribution < 1.29 is 13.9 Å². The second kappa shape index (κ2) is 5.97. The Kier molecular flexibility index (Phi) is 4.32. The molecule has 2 rings (SSSR count). The van der Waals surface area contributed by atoms with E-state index >= 15 is 0 Å². The Morgan fingerprint density at radius 3 is 2.68 bits per heavy atom. The molecule has 0 amide bonds. The number of benzene rings is 2. The monoisotopic (exact) mass is 322 g/mol. The molecule has 0 aliphatic heterocycles. The highest BCUT2D eigenvalue weighted by atomic mass is 79.9. The molecule has 2 nitrogen and oxygen atoms in total. The van der Waals surface area contributed by atoms with Crippen LogP contribution in [0.25, 0.3) is 0 Å². The summed E-state index contributed by atoms with van der Waals surface area (Å²) in [7, 11) is 0. The topological polar surface area (TPSA) is 26.3 Å². The fourth-order valence-corrected chi connectivity index (χ4v) is 2.16. The quantitative estimate of drug-likeness (QED) is 0.790. The predicted octanol–water partition coefficient (Wildman–Crippen LogP) is 4.16. The molecule has 2 aromatic carbocycles. The lowest BCUT2D eigenvalue weighted by Gasteiger charge is -2.09. The van der Waals surface area contributed by atoms with Crippen LogP contribution in [0.1, 0.15) is 15.9 Å². The van der Waals surface area contributed by atoms with Crippen LogP contribution in [0.3, 0.4) is 0 Å². The lowest BCUT2D eigenvalue weighted by atomic mass is 10.1. The highest BCUT2D eigenvalue weighted by Gasteiger charge is 2.12. The lowest BCUT2D eigenvalue weighted by Crippen LogP contribution is -2.13. The van der Waals surface area contributed by atoms with Gasteiger partial charge in [0.05, 0.1) is 5.56 Å². The van der Waals surface area contributed by atoms with Crippen molar-refractivity contribution in [2.24, 2.45) is 0 Å². The first kappa shape index (κ1) is 13.7. The average molecular weight is 323 g/mol. The van der Waals surface area contributed by atoms with Crippen LogP contribution in [-0.2, 0) is 0 Å². The summed E-state index contributed by atoms with van der Waals surface area (Å²) in [6.45, 7) is 1.71. The van der Waals surface area contributed by atoms with Crippen LogP contribution in [0, 0.1) is 12.7 Å². The third kappa shape index (κ3) is 3.41. The molecule has 0 N–H and O–H groups in total. The number of Topliss-reactive ketones (excluding diaryl/α,β-unsaturated/α-hetero) is 1. The summed E-state index contributed by atoms with van der Waals surface area (Å²) in [5, 5.41) is 0. The minimum absolute atomic E-state index is 0.0530. The van der Waals surface area contributed by atoms with Crippen LogP contribution >= 0.6 is 15.9 Å². The summed E-state index contributed by atoms with van der Waals surface area (Å²) in [5.41, 5.74) is 0.966. The van der Waals surface area contributed by atoms with E-state index < -0.39 is 5.82 Å². The highest BCUT2D eigenvalue weighted by molar-refractivity contribution is 9.10. The van der Waals surface area contributed by atoms with Crippen molar-refractivity contribution in [3.05, 3.63) is 63.9 Å². The van der Waals surface area contributed by atoms with E-state index in [0.29, 0.717) is 5.75 Å². The lowest BCUT2D eigenvalue weighted by molar-refractivity contribution is 0.0917. The zero-order valence-electron chi connectivity index (χ0n) is 10.3. The average Bonchev–Trinajstić information content (AvgIpc) is 2.38. The van der Waals surface area contributed by atoms with Crippen molar-refractivity contribution >= 4 is 21.7 Å². The van der Waals surface area contributed by atoms with Gasteiger partial charge in [-0.3, -0.25) is 4.79 Å². The Morgan fingerprint density at radius 1 is 1.26 bits per heavy atom. The summed E-state index contributed by atoms with van der Waals surface area (Å²) in [4.78, 5) is 11.8. The Labute approximate surface area is 119 Å². The molecule has 19 heavy (non-hydrogen) atoms. The molecule has 0 radical (unpaired) electrons. The van der Waals surface area contributed by atoms with Gasteiger partial charge in [0.15, 0.2) is 6.61 Å². The molecule has 0 bridgehead atoms. The summed E-state index contributed by atoms with van der Waals surface area (Å²) in [5.74, 6) is -0.281. The predicted molar refractivity (Wildman–Crippen MR) is 75.1 cm³/mol. The van der Waals surface area contributed by atoms with Crippen molar-refractivity contribution in [1.82, 2.24) is 0 Å². The first-order valence-corrected chi connectivity index (χ1v) is 6.54. The minimum Gasteiger partial charge on any atom is -0.485 e. The summed E-state index contributed by atoms with van der Waals surface area (Å²) < 4.78 is 19.8. The molecule has 0 saturated heterocycles. The largest absolute Gasteiger partial charge is 0.485 e. The maximum atomic E-state index is 13.4. The number of carbonyl (C=O) groups is 1. The summed E-state index contributed by atoms with van der Waals surface area (Å²) in [6, 6.07) is 11.4. The van der Waals surface area contributed by atoms with Crippen LogP contribution in [0.15, 0.2) is 46.9 Å². The zero-order chi connectivity index (χ0) is 13.8. The molecular weight excluding hydrogens is 311 g/mol. The van der Waals surface area contributed by atoms with Crippen LogP contribution in [0.4, 0.5) is 4.39 Å². The van der Waals surface area contributed by atoms with Gasteiger partial charge in [-0.15, -0.1) is 0 Å². The Morgan fingerprint density at radius 2 is 2.00 bits per heavy atom. The van der Waals surface area contributed by atoms with Gasteiger partial charge in [0.2, 0.25) is 5.78 Å². The Balaban J connectivity index is 2.07. The minimum atomic E-state index is -0.524. The smallest absolute Gasteiger partial charge is 0.203 e. The molecule has 0 fully saturated rings. The number of halogens is 2. The first-order valence-electron chi connectivity index (χ1n) is 5.74. The standard InChI is InChI=1S/C15H12BrFO2/c1-10-8-11(16)6-7-15(10)19-9-14(18)12-4-2-3-5-13(12)17/h2-8H,9H2,1H3. The van der Waals surface area contributed by atoms with Crippen molar-refractivity contribution in [3.8, 4) is 5.75 Å². The maximum absolute atomic E-state index is 13.4. The molecule has 0 aromatic heterocycles. The molecule has 2 aromatic rings. The third-order valence-corrected chi connectivity index (χ3v) is 3.16. The van der Waals surface area contributed by atoms with E-state index in [1.807, 2.05) is 19.1 Å². The molecule has 0 spiro atoms. The SMILES string of the molecule is Cc1cc(Br)ccc1OCC(=O)c1ccccc1F. The molecule has 98 valence electrons.